The molecule has 0 aliphatic carbocycles. The second-order valence-corrected chi connectivity index (χ2v) is 2.69. The van der Waals surface area contributed by atoms with Crippen LogP contribution in [0.2, 0.25) is 0 Å². The first-order valence-electron chi connectivity index (χ1n) is 4.20. The van der Waals surface area contributed by atoms with Gasteiger partial charge in [-0.2, -0.15) is 0 Å². The van der Waals surface area contributed by atoms with Gasteiger partial charge < -0.3 is 10.2 Å². The van der Waals surface area contributed by atoms with Crippen molar-refractivity contribution in [2.24, 2.45) is 5.92 Å². The van der Waals surface area contributed by atoms with Crippen LogP contribution in [0.15, 0.2) is 12.2 Å². The van der Waals surface area contributed by atoms with Gasteiger partial charge in [0.25, 0.3) is 0 Å². The van der Waals surface area contributed by atoms with Gasteiger partial charge >= 0.3 is 11.9 Å². The van der Waals surface area contributed by atoms with Crippen molar-refractivity contribution in [1.29, 1.82) is 0 Å². The second-order valence-electron chi connectivity index (χ2n) is 2.69. The SMILES string of the molecule is CC/C=C\CCC(C(=O)O)C(=O)O. The Labute approximate surface area is 76.9 Å². The van der Waals surface area contributed by atoms with Crippen LogP contribution in [0.3, 0.4) is 0 Å². The third-order valence-electron chi connectivity index (χ3n) is 1.62. The maximum absolute atomic E-state index is 10.4. The monoisotopic (exact) mass is 186 g/mol. The van der Waals surface area contributed by atoms with Crippen LogP contribution in [0.5, 0.6) is 0 Å². The van der Waals surface area contributed by atoms with E-state index in [9.17, 15) is 9.59 Å². The highest BCUT2D eigenvalue weighted by atomic mass is 16.4. The van der Waals surface area contributed by atoms with E-state index in [-0.39, 0.29) is 6.42 Å². The molecule has 0 atom stereocenters. The van der Waals surface area contributed by atoms with E-state index < -0.39 is 17.9 Å². The average molecular weight is 186 g/mol. The highest BCUT2D eigenvalue weighted by Gasteiger charge is 2.24. The van der Waals surface area contributed by atoms with Crippen molar-refractivity contribution in [1.82, 2.24) is 0 Å². The molecule has 4 heteroatoms. The number of hydrogen-bond donors (Lipinski definition) is 2. The molecule has 74 valence electrons. The molecule has 0 saturated carbocycles. The molecule has 0 amide bonds. The minimum absolute atomic E-state index is 0.154. The van der Waals surface area contributed by atoms with E-state index in [1.807, 2.05) is 13.0 Å². The summed E-state index contributed by atoms with van der Waals surface area (Å²) >= 11 is 0. The summed E-state index contributed by atoms with van der Waals surface area (Å²) in [5.41, 5.74) is 0. The van der Waals surface area contributed by atoms with Crippen LogP contribution in [-0.2, 0) is 9.59 Å². The molecule has 0 aliphatic heterocycles. The molecule has 0 aromatic carbocycles. The van der Waals surface area contributed by atoms with E-state index in [1.165, 1.54) is 0 Å². The Morgan fingerprint density at radius 2 is 1.77 bits per heavy atom. The van der Waals surface area contributed by atoms with Crippen molar-refractivity contribution in [2.75, 3.05) is 0 Å². The largest absolute Gasteiger partial charge is 0.481 e. The number of carbonyl (C=O) groups is 2. The van der Waals surface area contributed by atoms with E-state index >= 15 is 0 Å². The zero-order valence-electron chi connectivity index (χ0n) is 7.56. The normalized spacial score (nSPS) is 10.9. The maximum Gasteiger partial charge on any atom is 0.317 e. The number of carboxylic acid groups (broad SMARTS) is 2. The fourth-order valence-electron chi connectivity index (χ4n) is 0.900. The summed E-state index contributed by atoms with van der Waals surface area (Å²) in [6, 6.07) is 0. The van der Waals surface area contributed by atoms with Crippen LogP contribution in [0.1, 0.15) is 26.2 Å². The highest BCUT2D eigenvalue weighted by molar-refractivity contribution is 5.92. The average Bonchev–Trinajstić information content (AvgIpc) is 2.02. The molecular weight excluding hydrogens is 172 g/mol. The Morgan fingerprint density at radius 3 is 2.15 bits per heavy atom. The first-order chi connectivity index (χ1) is 6.09. The topological polar surface area (TPSA) is 74.6 Å². The van der Waals surface area contributed by atoms with Gasteiger partial charge in [-0.05, 0) is 19.3 Å². The summed E-state index contributed by atoms with van der Waals surface area (Å²) in [7, 11) is 0. The molecule has 0 radical (unpaired) electrons. The third-order valence-corrected chi connectivity index (χ3v) is 1.62. The molecule has 0 heterocycles. The molecule has 0 saturated heterocycles. The summed E-state index contributed by atoms with van der Waals surface area (Å²) in [5.74, 6) is -3.81. The third kappa shape index (κ3) is 5.00. The molecule has 0 aromatic rings. The van der Waals surface area contributed by atoms with Crippen LogP contribution in [-0.4, -0.2) is 22.2 Å². The van der Waals surface area contributed by atoms with E-state index in [1.54, 1.807) is 6.08 Å². The van der Waals surface area contributed by atoms with Gasteiger partial charge in [-0.3, -0.25) is 9.59 Å². The predicted molar refractivity (Wildman–Crippen MR) is 47.4 cm³/mol. The van der Waals surface area contributed by atoms with Gasteiger partial charge in [-0.1, -0.05) is 19.1 Å². The molecule has 0 rings (SSSR count). The number of hydrogen-bond acceptors (Lipinski definition) is 2. The molecule has 0 fully saturated rings. The summed E-state index contributed by atoms with van der Waals surface area (Å²) in [6.07, 6.45) is 5.22. The Hall–Kier alpha value is -1.32. The molecule has 0 aromatic heterocycles. The summed E-state index contributed by atoms with van der Waals surface area (Å²) in [4.78, 5) is 20.8. The standard InChI is InChI=1S/C9H14O4/c1-2-3-4-5-6-7(8(10)11)9(12)13/h3-4,7H,2,5-6H2,1H3,(H,10,11)(H,12,13)/b4-3-. The van der Waals surface area contributed by atoms with Gasteiger partial charge in [0.2, 0.25) is 0 Å². The molecule has 0 bridgehead atoms. The number of aliphatic carboxylic acids is 2. The van der Waals surface area contributed by atoms with Gasteiger partial charge in [0, 0.05) is 0 Å². The van der Waals surface area contributed by atoms with E-state index in [4.69, 9.17) is 10.2 Å². The van der Waals surface area contributed by atoms with Crippen LogP contribution in [0, 0.1) is 5.92 Å². The first kappa shape index (κ1) is 11.7. The highest BCUT2D eigenvalue weighted by Crippen LogP contribution is 2.07. The lowest BCUT2D eigenvalue weighted by Crippen LogP contribution is -2.22. The van der Waals surface area contributed by atoms with E-state index in [2.05, 4.69) is 0 Å². The van der Waals surface area contributed by atoms with Gasteiger partial charge in [-0.25, -0.2) is 0 Å². The number of carboxylic acids is 2. The van der Waals surface area contributed by atoms with Crippen molar-refractivity contribution in [3.8, 4) is 0 Å². The van der Waals surface area contributed by atoms with Crippen LogP contribution in [0.4, 0.5) is 0 Å². The second kappa shape index (κ2) is 6.22. The van der Waals surface area contributed by atoms with Crippen molar-refractivity contribution in [3.05, 3.63) is 12.2 Å². The van der Waals surface area contributed by atoms with Gasteiger partial charge in [-0.15, -0.1) is 0 Å². The zero-order chi connectivity index (χ0) is 10.3. The van der Waals surface area contributed by atoms with E-state index in [0.29, 0.717) is 6.42 Å². The molecule has 2 N–H and O–H groups in total. The zero-order valence-corrected chi connectivity index (χ0v) is 7.56. The maximum atomic E-state index is 10.4. The smallest absolute Gasteiger partial charge is 0.317 e. The summed E-state index contributed by atoms with van der Waals surface area (Å²) in [5, 5.41) is 17.0. The quantitative estimate of drug-likeness (QED) is 0.487. The molecule has 0 aliphatic rings. The molecule has 13 heavy (non-hydrogen) atoms. The lowest BCUT2D eigenvalue weighted by atomic mass is 10.0. The van der Waals surface area contributed by atoms with Crippen LogP contribution in [0.25, 0.3) is 0 Å². The van der Waals surface area contributed by atoms with Gasteiger partial charge in [0.1, 0.15) is 0 Å². The predicted octanol–water partition coefficient (Wildman–Crippen LogP) is 1.52. The number of allylic oxidation sites excluding steroid dienone is 2. The Morgan fingerprint density at radius 1 is 1.23 bits per heavy atom. The summed E-state index contributed by atoms with van der Waals surface area (Å²) < 4.78 is 0. The van der Waals surface area contributed by atoms with Gasteiger partial charge in [0.05, 0.1) is 0 Å². The first-order valence-corrected chi connectivity index (χ1v) is 4.20. The molecule has 0 spiro atoms. The van der Waals surface area contributed by atoms with E-state index in [0.717, 1.165) is 6.42 Å². The fraction of sp³-hybridized carbons (Fsp3) is 0.556. The van der Waals surface area contributed by atoms with Crippen molar-refractivity contribution >= 4 is 11.9 Å². The molecule has 0 unspecified atom stereocenters. The minimum atomic E-state index is -1.28. The lowest BCUT2D eigenvalue weighted by Gasteiger charge is -2.03. The van der Waals surface area contributed by atoms with Crippen LogP contribution < -0.4 is 0 Å². The number of rotatable bonds is 6. The Kier molecular flexibility index (Phi) is 5.59. The van der Waals surface area contributed by atoms with Crippen molar-refractivity contribution < 1.29 is 19.8 Å². The minimum Gasteiger partial charge on any atom is -0.481 e. The Bertz CT molecular complexity index is 194. The fourth-order valence-corrected chi connectivity index (χ4v) is 0.900. The van der Waals surface area contributed by atoms with Crippen molar-refractivity contribution in [2.45, 2.75) is 26.2 Å². The van der Waals surface area contributed by atoms with Crippen LogP contribution >= 0.6 is 0 Å². The van der Waals surface area contributed by atoms with Gasteiger partial charge in [0.15, 0.2) is 5.92 Å². The lowest BCUT2D eigenvalue weighted by molar-refractivity contribution is -0.154. The van der Waals surface area contributed by atoms with Crippen molar-refractivity contribution in [3.63, 3.8) is 0 Å². The molecule has 4 nitrogen and oxygen atoms in total. The molecular formula is C9H14O4. The summed E-state index contributed by atoms with van der Waals surface area (Å²) in [6.45, 7) is 1.96. The Balaban J connectivity index is 3.91.